The first-order chi connectivity index (χ1) is 14.9. The molecule has 0 radical (unpaired) electrons. The Labute approximate surface area is 172 Å². The third-order valence-electron chi connectivity index (χ3n) is 5.39. The highest BCUT2D eigenvalue weighted by Crippen LogP contribution is 2.33. The predicted molar refractivity (Wildman–Crippen MR) is 116 cm³/mol. The minimum absolute atomic E-state index is 0.279. The standard InChI is InChI=1S/C24H18N4O2/c1-2-6-18-17(4-1)5-3-7-19(18)20-14-27-28-23(10-11-25-24(20)28)26-13-16-8-9-21-22(12-16)30-15-29-21/h1-12,14,26H,13,15H2. The number of nitrogens with one attached hydrogen (secondary N) is 1. The molecule has 6 rings (SSSR count). The van der Waals surface area contributed by atoms with Gasteiger partial charge in [0.05, 0.1) is 6.20 Å². The Kier molecular flexibility index (Phi) is 3.81. The van der Waals surface area contributed by atoms with E-state index in [1.165, 1.54) is 10.8 Å². The first kappa shape index (κ1) is 16.9. The fourth-order valence-electron chi connectivity index (χ4n) is 3.92. The van der Waals surface area contributed by atoms with Gasteiger partial charge in [-0.25, -0.2) is 4.98 Å². The molecule has 1 aliphatic heterocycles. The highest BCUT2D eigenvalue weighted by molar-refractivity contribution is 5.99. The molecule has 0 saturated carbocycles. The van der Waals surface area contributed by atoms with Crippen LogP contribution in [0.3, 0.4) is 0 Å². The van der Waals surface area contributed by atoms with Crippen molar-refractivity contribution in [2.45, 2.75) is 6.54 Å². The molecule has 6 nitrogen and oxygen atoms in total. The van der Waals surface area contributed by atoms with Crippen LogP contribution in [0, 0.1) is 0 Å². The lowest BCUT2D eigenvalue weighted by molar-refractivity contribution is 0.174. The average Bonchev–Trinajstić information content (AvgIpc) is 3.44. The smallest absolute Gasteiger partial charge is 0.231 e. The summed E-state index contributed by atoms with van der Waals surface area (Å²) in [7, 11) is 0. The van der Waals surface area contributed by atoms with Gasteiger partial charge in [-0.3, -0.25) is 0 Å². The molecule has 30 heavy (non-hydrogen) atoms. The average molecular weight is 394 g/mol. The van der Waals surface area contributed by atoms with E-state index < -0.39 is 0 Å². The SMILES string of the molecule is c1ccc2c(-c3cnn4c(NCc5ccc6c(c5)OCO6)ccnc34)cccc2c1. The molecule has 2 aromatic heterocycles. The maximum atomic E-state index is 5.47. The fraction of sp³-hybridized carbons (Fsp3) is 0.0833. The number of benzene rings is 3. The second-order valence-electron chi connectivity index (χ2n) is 7.19. The van der Waals surface area contributed by atoms with Gasteiger partial charge in [0.1, 0.15) is 5.82 Å². The number of fused-ring (bicyclic) bond motifs is 3. The van der Waals surface area contributed by atoms with Crippen molar-refractivity contribution in [3.05, 3.63) is 84.7 Å². The molecule has 3 heterocycles. The Hall–Kier alpha value is -4.06. The Morgan fingerprint density at radius 3 is 2.80 bits per heavy atom. The summed E-state index contributed by atoms with van der Waals surface area (Å²) in [5, 5.41) is 10.5. The summed E-state index contributed by atoms with van der Waals surface area (Å²) in [6.45, 7) is 0.917. The predicted octanol–water partition coefficient (Wildman–Crippen LogP) is 4.89. The molecule has 146 valence electrons. The van der Waals surface area contributed by atoms with Crippen molar-refractivity contribution in [1.29, 1.82) is 0 Å². The lowest BCUT2D eigenvalue weighted by Gasteiger charge is -2.09. The zero-order valence-electron chi connectivity index (χ0n) is 16.1. The summed E-state index contributed by atoms with van der Waals surface area (Å²) < 4.78 is 12.7. The molecule has 0 atom stereocenters. The van der Waals surface area contributed by atoms with Gasteiger partial charge in [-0.1, -0.05) is 48.5 Å². The van der Waals surface area contributed by atoms with Crippen molar-refractivity contribution in [2.24, 2.45) is 0 Å². The summed E-state index contributed by atoms with van der Waals surface area (Å²) in [5.74, 6) is 2.45. The van der Waals surface area contributed by atoms with E-state index in [1.807, 2.05) is 41.2 Å². The molecule has 0 unspecified atom stereocenters. The third-order valence-corrected chi connectivity index (χ3v) is 5.39. The molecule has 5 aromatic rings. The van der Waals surface area contributed by atoms with Crippen LogP contribution in [0.15, 0.2) is 79.1 Å². The van der Waals surface area contributed by atoms with E-state index in [0.717, 1.165) is 39.7 Å². The van der Waals surface area contributed by atoms with Crippen LogP contribution in [-0.4, -0.2) is 21.4 Å². The minimum Gasteiger partial charge on any atom is -0.454 e. The van der Waals surface area contributed by atoms with Crippen LogP contribution in [0.4, 0.5) is 5.82 Å². The topological polar surface area (TPSA) is 60.7 Å². The van der Waals surface area contributed by atoms with Crippen LogP contribution >= 0.6 is 0 Å². The van der Waals surface area contributed by atoms with Gasteiger partial charge in [0, 0.05) is 18.3 Å². The van der Waals surface area contributed by atoms with Gasteiger partial charge in [0.25, 0.3) is 0 Å². The Morgan fingerprint density at radius 2 is 1.80 bits per heavy atom. The minimum atomic E-state index is 0.279. The van der Waals surface area contributed by atoms with Gasteiger partial charge >= 0.3 is 0 Å². The molecule has 0 saturated heterocycles. The van der Waals surface area contributed by atoms with Crippen LogP contribution in [0.2, 0.25) is 0 Å². The number of nitrogens with zero attached hydrogens (tertiary/aromatic N) is 3. The Morgan fingerprint density at radius 1 is 0.900 bits per heavy atom. The van der Waals surface area contributed by atoms with Gasteiger partial charge in [-0.15, -0.1) is 0 Å². The lowest BCUT2D eigenvalue weighted by atomic mass is 10.0. The summed E-state index contributed by atoms with van der Waals surface area (Å²) in [6, 6.07) is 22.6. The molecule has 1 N–H and O–H groups in total. The Bertz CT molecular complexity index is 1390. The number of aromatic nitrogens is 3. The Balaban J connectivity index is 1.36. The lowest BCUT2D eigenvalue weighted by Crippen LogP contribution is -2.05. The van der Waals surface area contributed by atoms with Crippen molar-refractivity contribution in [3.8, 4) is 22.6 Å². The van der Waals surface area contributed by atoms with Gasteiger partial charge in [-0.2, -0.15) is 9.61 Å². The van der Waals surface area contributed by atoms with Crippen molar-refractivity contribution in [3.63, 3.8) is 0 Å². The van der Waals surface area contributed by atoms with E-state index in [-0.39, 0.29) is 6.79 Å². The van der Waals surface area contributed by atoms with Crippen LogP contribution in [0.5, 0.6) is 11.5 Å². The van der Waals surface area contributed by atoms with E-state index >= 15 is 0 Å². The van der Waals surface area contributed by atoms with E-state index in [9.17, 15) is 0 Å². The second-order valence-corrected chi connectivity index (χ2v) is 7.19. The van der Waals surface area contributed by atoms with E-state index in [4.69, 9.17) is 9.47 Å². The second kappa shape index (κ2) is 6.77. The van der Waals surface area contributed by atoms with Crippen LogP contribution < -0.4 is 14.8 Å². The fourth-order valence-corrected chi connectivity index (χ4v) is 3.92. The number of hydrogen-bond donors (Lipinski definition) is 1. The maximum absolute atomic E-state index is 5.47. The summed E-state index contributed by atoms with van der Waals surface area (Å²) in [6.07, 6.45) is 3.70. The van der Waals surface area contributed by atoms with Gasteiger partial charge < -0.3 is 14.8 Å². The summed E-state index contributed by atoms with van der Waals surface area (Å²) in [4.78, 5) is 4.61. The molecule has 0 spiro atoms. The van der Waals surface area contributed by atoms with Crippen molar-refractivity contribution >= 4 is 22.2 Å². The zero-order valence-corrected chi connectivity index (χ0v) is 16.1. The highest BCUT2D eigenvalue weighted by atomic mass is 16.7. The first-order valence-corrected chi connectivity index (χ1v) is 9.80. The number of anilines is 1. The first-order valence-electron chi connectivity index (χ1n) is 9.80. The quantitative estimate of drug-likeness (QED) is 0.470. The van der Waals surface area contributed by atoms with Gasteiger partial charge in [0.2, 0.25) is 6.79 Å². The molecular weight excluding hydrogens is 376 g/mol. The van der Waals surface area contributed by atoms with Gasteiger partial charge in [0.15, 0.2) is 17.1 Å². The van der Waals surface area contributed by atoms with Gasteiger partial charge in [-0.05, 0) is 40.1 Å². The van der Waals surface area contributed by atoms with E-state index in [0.29, 0.717) is 6.54 Å². The molecule has 6 heteroatoms. The van der Waals surface area contributed by atoms with Crippen molar-refractivity contribution < 1.29 is 9.47 Å². The van der Waals surface area contributed by atoms with Crippen LogP contribution in [-0.2, 0) is 6.54 Å². The monoisotopic (exact) mass is 394 g/mol. The van der Waals surface area contributed by atoms with E-state index in [1.54, 1.807) is 0 Å². The molecule has 0 amide bonds. The zero-order chi connectivity index (χ0) is 19.9. The third kappa shape index (κ3) is 2.73. The van der Waals surface area contributed by atoms with Crippen molar-refractivity contribution in [1.82, 2.24) is 14.6 Å². The largest absolute Gasteiger partial charge is 0.454 e. The molecule has 0 aliphatic carbocycles. The van der Waals surface area contributed by atoms with Crippen LogP contribution in [0.1, 0.15) is 5.56 Å². The normalized spacial score (nSPS) is 12.5. The van der Waals surface area contributed by atoms with E-state index in [2.05, 4.69) is 57.9 Å². The summed E-state index contributed by atoms with van der Waals surface area (Å²) in [5.41, 5.74) is 4.06. The number of ether oxygens (including phenoxy) is 2. The van der Waals surface area contributed by atoms with Crippen molar-refractivity contribution in [2.75, 3.05) is 12.1 Å². The number of rotatable bonds is 4. The number of hydrogen-bond acceptors (Lipinski definition) is 5. The summed E-state index contributed by atoms with van der Waals surface area (Å²) >= 11 is 0. The molecule has 3 aromatic carbocycles. The molecule has 1 aliphatic rings. The molecule has 0 bridgehead atoms. The maximum Gasteiger partial charge on any atom is 0.231 e. The van der Waals surface area contributed by atoms with Crippen LogP contribution in [0.25, 0.3) is 27.5 Å². The highest BCUT2D eigenvalue weighted by Gasteiger charge is 2.15. The molecule has 0 fully saturated rings. The molecular formula is C24H18N4O2.